The number of hydrogen-bond donors (Lipinski definition) is 3. The number of carbonyl (C=O) groups is 2. The molecule has 1 rings (SSSR count). The Morgan fingerprint density at radius 2 is 2.04 bits per heavy atom. The molecule has 1 fully saturated rings. The molecule has 0 heterocycles. The van der Waals surface area contributed by atoms with Gasteiger partial charge in [0.2, 0.25) is 0 Å². The number of Topliss-reactive ketones (excluding diaryl/α,β-unsaturated/α-hetero) is 1. The van der Waals surface area contributed by atoms with E-state index in [1.807, 2.05) is 6.92 Å². The molecule has 0 aromatic heterocycles. The van der Waals surface area contributed by atoms with Crippen molar-refractivity contribution in [3.8, 4) is 0 Å². The van der Waals surface area contributed by atoms with E-state index >= 15 is 0 Å². The molecule has 0 spiro atoms. The highest BCUT2D eigenvalue weighted by molar-refractivity contribution is 5.84. The summed E-state index contributed by atoms with van der Waals surface area (Å²) in [5, 5.41) is 27.3. The molecule has 26 heavy (non-hydrogen) atoms. The van der Waals surface area contributed by atoms with E-state index in [2.05, 4.69) is 24.8 Å². The number of carboxylic acid groups (broad SMARTS) is 1. The molecule has 146 valence electrons. The second-order valence-electron chi connectivity index (χ2n) is 7.03. The number of hydrogen-bond acceptors (Lipinski definition) is 4. The fourth-order valence-corrected chi connectivity index (χ4v) is 3.21. The number of aliphatic carboxylic acids is 1. The maximum atomic E-state index is 12.3. The molecule has 0 bridgehead atoms. The van der Waals surface area contributed by atoms with E-state index in [1.54, 1.807) is 0 Å². The predicted molar refractivity (Wildman–Crippen MR) is 100 cm³/mol. The minimum Gasteiger partial charge on any atom is -0.477 e. The van der Waals surface area contributed by atoms with Gasteiger partial charge in [0.25, 0.3) is 5.79 Å². The first-order valence-corrected chi connectivity index (χ1v) is 9.62. The SMILES string of the molecule is CCCCCC=C[C@H]1CCC(=O)[C@@H]1CC(=C=CCC(O)(O)C(=O)O)CC. The number of unbranched alkanes of at least 4 members (excludes halogenated alkanes) is 3. The first-order chi connectivity index (χ1) is 12.3. The topological polar surface area (TPSA) is 94.8 Å². The number of rotatable bonds is 11. The molecule has 5 nitrogen and oxygen atoms in total. The van der Waals surface area contributed by atoms with Crippen LogP contribution < -0.4 is 0 Å². The summed E-state index contributed by atoms with van der Waals surface area (Å²) in [6.45, 7) is 4.13. The molecule has 0 aliphatic heterocycles. The van der Waals surface area contributed by atoms with Gasteiger partial charge >= 0.3 is 5.97 Å². The van der Waals surface area contributed by atoms with Crippen LogP contribution in [0.5, 0.6) is 0 Å². The Bertz CT molecular complexity index is 567. The zero-order valence-corrected chi connectivity index (χ0v) is 15.9. The zero-order chi connectivity index (χ0) is 19.6. The third-order valence-corrected chi connectivity index (χ3v) is 4.94. The summed E-state index contributed by atoms with van der Waals surface area (Å²) in [4.78, 5) is 22.9. The monoisotopic (exact) mass is 364 g/mol. The van der Waals surface area contributed by atoms with E-state index in [1.165, 1.54) is 25.3 Å². The fourth-order valence-electron chi connectivity index (χ4n) is 3.21. The quantitative estimate of drug-likeness (QED) is 0.225. The first-order valence-electron chi connectivity index (χ1n) is 9.62. The Labute approximate surface area is 156 Å². The number of ketones is 1. The van der Waals surface area contributed by atoms with Crippen LogP contribution in [0.15, 0.2) is 29.5 Å². The van der Waals surface area contributed by atoms with Gasteiger partial charge in [0.1, 0.15) is 5.78 Å². The van der Waals surface area contributed by atoms with Crippen molar-refractivity contribution < 1.29 is 24.9 Å². The standard InChI is InChI=1S/C21H32O5/c1-3-5-6-7-8-11-17-12-13-19(22)18(17)15-16(4-2)10-9-14-21(25,26)20(23)24/h8-9,11,17-18,25-26H,3-7,12-15H2,1-2H3,(H,23,24)/t10?,17-,18+/m0/s1. The summed E-state index contributed by atoms with van der Waals surface area (Å²) < 4.78 is 0. The number of carbonyl (C=O) groups excluding carboxylic acids is 1. The van der Waals surface area contributed by atoms with Crippen LogP contribution in [-0.4, -0.2) is 32.9 Å². The van der Waals surface area contributed by atoms with Crippen LogP contribution in [0.1, 0.15) is 71.6 Å². The Hall–Kier alpha value is -1.68. The maximum Gasteiger partial charge on any atom is 0.364 e. The molecular weight excluding hydrogens is 332 g/mol. The highest BCUT2D eigenvalue weighted by Gasteiger charge is 2.33. The van der Waals surface area contributed by atoms with Crippen molar-refractivity contribution in [1.82, 2.24) is 0 Å². The average molecular weight is 364 g/mol. The lowest BCUT2D eigenvalue weighted by Crippen LogP contribution is -2.37. The maximum absolute atomic E-state index is 12.3. The second-order valence-corrected chi connectivity index (χ2v) is 7.03. The lowest BCUT2D eigenvalue weighted by molar-refractivity contribution is -0.201. The predicted octanol–water partition coefficient (Wildman–Crippen LogP) is 3.76. The van der Waals surface area contributed by atoms with E-state index in [9.17, 15) is 19.8 Å². The van der Waals surface area contributed by atoms with Crippen molar-refractivity contribution in [2.24, 2.45) is 11.8 Å². The van der Waals surface area contributed by atoms with Crippen LogP contribution in [0.25, 0.3) is 0 Å². The van der Waals surface area contributed by atoms with Crippen molar-refractivity contribution in [3.05, 3.63) is 29.5 Å². The van der Waals surface area contributed by atoms with Gasteiger partial charge in [-0.15, -0.1) is 5.73 Å². The Balaban J connectivity index is 2.72. The van der Waals surface area contributed by atoms with Gasteiger partial charge in [-0.2, -0.15) is 0 Å². The van der Waals surface area contributed by atoms with Crippen molar-refractivity contribution in [3.63, 3.8) is 0 Å². The van der Waals surface area contributed by atoms with Crippen LogP contribution in [0, 0.1) is 11.8 Å². The van der Waals surface area contributed by atoms with E-state index in [0.717, 1.165) is 18.4 Å². The van der Waals surface area contributed by atoms with Gasteiger partial charge in [-0.05, 0) is 49.7 Å². The van der Waals surface area contributed by atoms with Gasteiger partial charge < -0.3 is 15.3 Å². The van der Waals surface area contributed by atoms with Crippen LogP contribution >= 0.6 is 0 Å². The summed E-state index contributed by atoms with van der Waals surface area (Å²) in [6, 6.07) is 0. The average Bonchev–Trinajstić information content (AvgIpc) is 2.93. The molecule has 0 amide bonds. The highest BCUT2D eigenvalue weighted by Crippen LogP contribution is 2.35. The van der Waals surface area contributed by atoms with E-state index < -0.39 is 18.2 Å². The third-order valence-electron chi connectivity index (χ3n) is 4.94. The van der Waals surface area contributed by atoms with Gasteiger partial charge in [-0.25, -0.2) is 4.79 Å². The zero-order valence-electron chi connectivity index (χ0n) is 15.9. The van der Waals surface area contributed by atoms with Crippen LogP contribution in [-0.2, 0) is 9.59 Å². The number of aliphatic hydroxyl groups is 2. The van der Waals surface area contributed by atoms with E-state index in [-0.39, 0.29) is 17.6 Å². The minimum atomic E-state index is -2.78. The third kappa shape index (κ3) is 7.28. The molecule has 2 atom stereocenters. The summed E-state index contributed by atoms with van der Waals surface area (Å²) in [6.07, 6.45) is 12.7. The molecule has 5 heteroatoms. The summed E-state index contributed by atoms with van der Waals surface area (Å²) >= 11 is 0. The Kier molecular flexibility index (Phi) is 9.57. The molecular formula is C21H32O5. The van der Waals surface area contributed by atoms with Crippen molar-refractivity contribution >= 4 is 11.8 Å². The van der Waals surface area contributed by atoms with Crippen molar-refractivity contribution in [1.29, 1.82) is 0 Å². The molecule has 1 aliphatic rings. The molecule has 3 N–H and O–H groups in total. The lowest BCUT2D eigenvalue weighted by Gasteiger charge is -2.16. The molecule has 0 radical (unpaired) electrons. The Morgan fingerprint density at radius 3 is 2.65 bits per heavy atom. The van der Waals surface area contributed by atoms with Crippen LogP contribution in [0.2, 0.25) is 0 Å². The highest BCUT2D eigenvalue weighted by atomic mass is 16.5. The van der Waals surface area contributed by atoms with Gasteiger partial charge in [-0.3, -0.25) is 4.79 Å². The van der Waals surface area contributed by atoms with Crippen molar-refractivity contribution in [2.45, 2.75) is 77.4 Å². The molecule has 1 aliphatic carbocycles. The molecule has 0 unspecified atom stereocenters. The fraction of sp³-hybridized carbons (Fsp3) is 0.667. The smallest absolute Gasteiger partial charge is 0.364 e. The van der Waals surface area contributed by atoms with Gasteiger partial charge in [-0.1, -0.05) is 38.8 Å². The molecule has 0 aromatic rings. The Morgan fingerprint density at radius 1 is 1.31 bits per heavy atom. The summed E-state index contributed by atoms with van der Waals surface area (Å²) in [5.41, 5.74) is 3.86. The van der Waals surface area contributed by atoms with E-state index in [0.29, 0.717) is 19.3 Å². The minimum absolute atomic E-state index is 0.0549. The van der Waals surface area contributed by atoms with Gasteiger partial charge in [0.15, 0.2) is 0 Å². The van der Waals surface area contributed by atoms with Crippen LogP contribution in [0.4, 0.5) is 0 Å². The van der Waals surface area contributed by atoms with Crippen LogP contribution in [0.3, 0.4) is 0 Å². The molecule has 0 aromatic carbocycles. The van der Waals surface area contributed by atoms with Gasteiger partial charge in [0.05, 0.1) is 0 Å². The summed E-state index contributed by atoms with van der Waals surface area (Å²) in [5.74, 6) is -4.00. The summed E-state index contributed by atoms with van der Waals surface area (Å²) in [7, 11) is 0. The second kappa shape index (κ2) is 11.1. The number of allylic oxidation sites excluding steroid dienone is 2. The lowest BCUT2D eigenvalue weighted by atomic mass is 9.88. The molecule has 1 saturated carbocycles. The first kappa shape index (κ1) is 22.4. The van der Waals surface area contributed by atoms with E-state index in [4.69, 9.17) is 5.11 Å². The normalized spacial score (nSPS) is 20.4. The van der Waals surface area contributed by atoms with Crippen molar-refractivity contribution in [2.75, 3.05) is 0 Å². The largest absolute Gasteiger partial charge is 0.477 e. The van der Waals surface area contributed by atoms with Gasteiger partial charge in [0, 0.05) is 18.8 Å². The number of carboxylic acids is 1. The molecule has 0 saturated heterocycles.